The average molecular weight is 299 g/mol. The number of alkyl carbamates (subject to hydrolysis) is 1. The van der Waals surface area contributed by atoms with Gasteiger partial charge in [-0.05, 0) is 18.2 Å². The lowest BCUT2D eigenvalue weighted by molar-refractivity contribution is -0.104. The minimum absolute atomic E-state index is 0. The van der Waals surface area contributed by atoms with Crippen LogP contribution >= 0.6 is 24.0 Å². The Morgan fingerprint density at radius 1 is 1.50 bits per heavy atom. The second-order valence-electron chi connectivity index (χ2n) is 3.69. The summed E-state index contributed by atoms with van der Waals surface area (Å²) < 4.78 is 31.4. The highest BCUT2D eigenvalue weighted by molar-refractivity contribution is 6.30. The smallest absolute Gasteiger partial charge is 0.408 e. The van der Waals surface area contributed by atoms with E-state index in [1.807, 2.05) is 5.32 Å². The first kappa shape index (κ1) is 14.8. The number of carbonyl (C=O) groups excluding carboxylic acids is 1. The Labute approximate surface area is 113 Å². The normalized spacial score (nSPS) is 21.5. The summed E-state index contributed by atoms with van der Waals surface area (Å²) in [5.74, 6) is -3.23. The fraction of sp³-hybridized carbons (Fsp3) is 0.300. The van der Waals surface area contributed by atoms with E-state index >= 15 is 0 Å². The fourth-order valence-corrected chi connectivity index (χ4v) is 1.79. The predicted octanol–water partition coefficient (Wildman–Crippen LogP) is 2.76. The molecule has 1 aromatic carbocycles. The van der Waals surface area contributed by atoms with E-state index in [4.69, 9.17) is 17.3 Å². The van der Waals surface area contributed by atoms with E-state index in [1.54, 1.807) is 0 Å². The van der Waals surface area contributed by atoms with E-state index in [9.17, 15) is 13.6 Å². The highest BCUT2D eigenvalue weighted by Crippen LogP contribution is 2.37. The fourth-order valence-electron chi connectivity index (χ4n) is 1.61. The van der Waals surface area contributed by atoms with Gasteiger partial charge in [-0.25, -0.2) is 13.6 Å². The van der Waals surface area contributed by atoms with Crippen LogP contribution in [0.2, 0.25) is 5.02 Å². The van der Waals surface area contributed by atoms with Crippen LogP contribution in [0.1, 0.15) is 11.6 Å². The quantitative estimate of drug-likeness (QED) is 0.784. The molecule has 1 amide bonds. The monoisotopic (exact) mass is 298 g/mol. The number of hydrogen-bond acceptors (Lipinski definition) is 3. The topological polar surface area (TPSA) is 64.3 Å². The van der Waals surface area contributed by atoms with Crippen LogP contribution in [0.4, 0.5) is 19.3 Å². The zero-order chi connectivity index (χ0) is 12.6. The molecule has 1 aromatic rings. The molecule has 3 N–H and O–H groups in total. The molecule has 1 aliphatic heterocycles. The van der Waals surface area contributed by atoms with Crippen molar-refractivity contribution in [3.8, 4) is 0 Å². The molecular formula is C10H10Cl2F2N2O2. The number of cyclic esters (lactones) is 1. The van der Waals surface area contributed by atoms with Crippen molar-refractivity contribution in [1.29, 1.82) is 0 Å². The Morgan fingerprint density at radius 2 is 2.17 bits per heavy atom. The molecule has 2 rings (SSSR count). The molecule has 1 fully saturated rings. The lowest BCUT2D eigenvalue weighted by Gasteiger charge is -2.32. The van der Waals surface area contributed by atoms with Crippen LogP contribution in [0.15, 0.2) is 18.2 Å². The Hall–Kier alpha value is -1.27. The molecule has 0 saturated carbocycles. The minimum Gasteiger partial charge on any atom is -0.443 e. The lowest BCUT2D eigenvalue weighted by atomic mass is 9.98. The first-order valence-electron chi connectivity index (χ1n) is 4.76. The van der Waals surface area contributed by atoms with E-state index < -0.39 is 24.7 Å². The first-order valence-corrected chi connectivity index (χ1v) is 5.14. The summed E-state index contributed by atoms with van der Waals surface area (Å²) in [5.41, 5.74) is 5.83. The van der Waals surface area contributed by atoms with E-state index in [-0.39, 0.29) is 28.7 Å². The molecule has 1 aliphatic rings. The summed E-state index contributed by atoms with van der Waals surface area (Å²) in [6.07, 6.45) is -0.902. The van der Waals surface area contributed by atoms with Crippen molar-refractivity contribution >= 4 is 35.8 Å². The number of anilines is 1. The number of amides is 1. The third kappa shape index (κ3) is 2.76. The molecule has 18 heavy (non-hydrogen) atoms. The number of nitrogen functional groups attached to an aromatic ring is 1. The van der Waals surface area contributed by atoms with Gasteiger partial charge in [0.1, 0.15) is 6.04 Å². The number of carbonyl (C=O) groups is 1. The molecule has 0 aromatic heterocycles. The zero-order valence-electron chi connectivity index (χ0n) is 8.95. The zero-order valence-corrected chi connectivity index (χ0v) is 10.5. The maximum absolute atomic E-state index is 13.6. The van der Waals surface area contributed by atoms with Gasteiger partial charge in [-0.1, -0.05) is 11.6 Å². The summed E-state index contributed by atoms with van der Waals surface area (Å²) >= 11 is 5.72. The van der Waals surface area contributed by atoms with Gasteiger partial charge < -0.3 is 15.8 Å². The van der Waals surface area contributed by atoms with Crippen molar-refractivity contribution < 1.29 is 18.3 Å². The van der Waals surface area contributed by atoms with Crippen LogP contribution in [-0.4, -0.2) is 18.6 Å². The second-order valence-corrected chi connectivity index (χ2v) is 4.12. The maximum atomic E-state index is 13.6. The van der Waals surface area contributed by atoms with Gasteiger partial charge in [-0.15, -0.1) is 12.4 Å². The summed E-state index contributed by atoms with van der Waals surface area (Å²) in [6.45, 7) is -0.977. The molecule has 100 valence electrons. The number of hydrogen-bond donors (Lipinski definition) is 2. The molecule has 1 saturated heterocycles. The summed E-state index contributed by atoms with van der Waals surface area (Å²) in [4.78, 5) is 11.0. The number of alkyl halides is 2. The van der Waals surface area contributed by atoms with Gasteiger partial charge in [0.2, 0.25) is 0 Å². The van der Waals surface area contributed by atoms with Crippen molar-refractivity contribution in [3.63, 3.8) is 0 Å². The van der Waals surface area contributed by atoms with E-state index in [0.717, 1.165) is 0 Å². The third-order valence-corrected chi connectivity index (χ3v) is 2.68. The highest BCUT2D eigenvalue weighted by Gasteiger charge is 2.47. The molecule has 8 heteroatoms. The highest BCUT2D eigenvalue weighted by atomic mass is 35.5. The Morgan fingerprint density at radius 3 is 2.83 bits per heavy atom. The van der Waals surface area contributed by atoms with E-state index in [2.05, 4.69) is 4.74 Å². The van der Waals surface area contributed by atoms with E-state index in [1.165, 1.54) is 18.2 Å². The Bertz CT molecular complexity index is 471. The molecule has 1 atom stereocenters. The largest absolute Gasteiger partial charge is 0.443 e. The third-order valence-electron chi connectivity index (χ3n) is 2.44. The maximum Gasteiger partial charge on any atom is 0.408 e. The van der Waals surface area contributed by atoms with Crippen LogP contribution in [0, 0.1) is 0 Å². The standard InChI is InChI=1S/C10H9ClF2N2O2.ClH/c11-5-1-2-7(14)6(3-5)8-10(12,13)4-17-9(16)15-8;/h1-3,8H,4,14H2,(H,15,16);1H/t8-;/m1./s1. The SMILES string of the molecule is Cl.Nc1ccc(Cl)cc1[C@H]1NC(=O)OCC1(F)F. The van der Waals surface area contributed by atoms with Gasteiger partial charge in [0.05, 0.1) is 0 Å². The minimum atomic E-state index is -3.23. The van der Waals surface area contributed by atoms with Crippen molar-refractivity contribution in [3.05, 3.63) is 28.8 Å². The summed E-state index contributed by atoms with van der Waals surface area (Å²) in [7, 11) is 0. The van der Waals surface area contributed by atoms with Gasteiger partial charge in [0, 0.05) is 16.3 Å². The first-order chi connectivity index (χ1) is 7.90. The van der Waals surface area contributed by atoms with Gasteiger partial charge in [0.25, 0.3) is 0 Å². The summed E-state index contributed by atoms with van der Waals surface area (Å²) in [6, 6.07) is 2.68. The molecule has 0 spiro atoms. The van der Waals surface area contributed by atoms with Crippen molar-refractivity contribution in [2.24, 2.45) is 0 Å². The van der Waals surface area contributed by atoms with Crippen LogP contribution in [-0.2, 0) is 4.74 Å². The molecule has 1 heterocycles. The van der Waals surface area contributed by atoms with Crippen molar-refractivity contribution in [2.45, 2.75) is 12.0 Å². The number of nitrogens with two attached hydrogens (primary N) is 1. The molecular weight excluding hydrogens is 289 g/mol. The number of halogens is 4. The van der Waals surface area contributed by atoms with Crippen LogP contribution in [0.25, 0.3) is 0 Å². The van der Waals surface area contributed by atoms with Crippen molar-refractivity contribution in [1.82, 2.24) is 5.32 Å². The van der Waals surface area contributed by atoms with Crippen molar-refractivity contribution in [2.75, 3.05) is 12.3 Å². The van der Waals surface area contributed by atoms with Crippen LogP contribution < -0.4 is 11.1 Å². The average Bonchev–Trinajstić information content (AvgIpc) is 2.26. The molecule has 0 radical (unpaired) electrons. The Balaban J connectivity index is 0.00000162. The van der Waals surface area contributed by atoms with Gasteiger partial charge in [0.15, 0.2) is 6.61 Å². The van der Waals surface area contributed by atoms with Crippen LogP contribution in [0.5, 0.6) is 0 Å². The van der Waals surface area contributed by atoms with Gasteiger partial charge >= 0.3 is 12.0 Å². The van der Waals surface area contributed by atoms with Gasteiger partial charge in [-0.3, -0.25) is 0 Å². The molecule has 4 nitrogen and oxygen atoms in total. The van der Waals surface area contributed by atoms with Gasteiger partial charge in [-0.2, -0.15) is 0 Å². The second kappa shape index (κ2) is 5.16. The van der Waals surface area contributed by atoms with E-state index in [0.29, 0.717) is 0 Å². The van der Waals surface area contributed by atoms with Crippen LogP contribution in [0.3, 0.4) is 0 Å². The number of nitrogens with one attached hydrogen (secondary N) is 1. The number of ether oxygens (including phenoxy) is 1. The lowest BCUT2D eigenvalue weighted by Crippen LogP contribution is -2.49. The predicted molar refractivity (Wildman–Crippen MR) is 65.3 cm³/mol. The Kier molecular flexibility index (Phi) is 4.24. The summed E-state index contributed by atoms with van der Waals surface area (Å²) in [5, 5.41) is 2.31. The number of benzene rings is 1. The molecule has 0 bridgehead atoms. The molecule has 0 aliphatic carbocycles. The number of rotatable bonds is 1. The molecule has 0 unspecified atom stereocenters.